The van der Waals surface area contributed by atoms with Crippen LogP contribution in [0.3, 0.4) is 0 Å². The van der Waals surface area contributed by atoms with Gasteiger partial charge in [-0.15, -0.1) is 0 Å². The van der Waals surface area contributed by atoms with Crippen LogP contribution < -0.4 is 15.0 Å². The average molecular weight is 457 g/mol. The lowest BCUT2D eigenvalue weighted by Gasteiger charge is -2.37. The first-order valence-electron chi connectivity index (χ1n) is 9.70. The fourth-order valence-corrected chi connectivity index (χ4v) is 4.00. The standard InChI is InChI=1S/C20H26Cl2N4O4/c1-12(23-2)18(27)25-8-6-24(7-9-25)14-5-4-13(10-15(14)30-3)11-26-19(28)16(21)17(22)20(26)29/h4-5,10,12,19,23,28H,6-9,11H2,1-3H3/t12-,19?/m0/s1. The van der Waals surface area contributed by atoms with E-state index in [1.54, 1.807) is 14.2 Å². The van der Waals surface area contributed by atoms with Crippen LogP contribution in [0.25, 0.3) is 0 Å². The van der Waals surface area contributed by atoms with Gasteiger partial charge in [-0.25, -0.2) is 0 Å². The van der Waals surface area contributed by atoms with Crippen LogP contribution >= 0.6 is 23.2 Å². The number of benzene rings is 1. The zero-order valence-corrected chi connectivity index (χ0v) is 18.7. The highest BCUT2D eigenvalue weighted by Gasteiger charge is 2.36. The Labute approximate surface area is 186 Å². The second kappa shape index (κ2) is 9.43. The predicted molar refractivity (Wildman–Crippen MR) is 116 cm³/mol. The van der Waals surface area contributed by atoms with Gasteiger partial charge < -0.3 is 29.9 Å². The van der Waals surface area contributed by atoms with Gasteiger partial charge in [0.1, 0.15) is 10.8 Å². The number of likely N-dealkylation sites (N-methyl/N-ethyl adjacent to an activating group) is 1. The summed E-state index contributed by atoms with van der Waals surface area (Å²) in [4.78, 5) is 29.7. The molecule has 10 heteroatoms. The molecule has 1 aromatic rings. The molecule has 30 heavy (non-hydrogen) atoms. The summed E-state index contributed by atoms with van der Waals surface area (Å²) in [6, 6.07) is 5.42. The maximum atomic E-state index is 12.3. The molecule has 0 aromatic heterocycles. The van der Waals surface area contributed by atoms with Crippen molar-refractivity contribution in [2.24, 2.45) is 0 Å². The van der Waals surface area contributed by atoms with E-state index < -0.39 is 12.1 Å². The van der Waals surface area contributed by atoms with Gasteiger partial charge in [-0.2, -0.15) is 0 Å². The number of carbonyl (C=O) groups excluding carboxylic acids is 2. The van der Waals surface area contributed by atoms with E-state index in [1.165, 1.54) is 4.90 Å². The topological polar surface area (TPSA) is 85.4 Å². The number of anilines is 1. The van der Waals surface area contributed by atoms with Crippen molar-refractivity contribution < 1.29 is 19.4 Å². The van der Waals surface area contributed by atoms with Gasteiger partial charge in [0.2, 0.25) is 5.91 Å². The van der Waals surface area contributed by atoms with E-state index >= 15 is 0 Å². The second-order valence-corrected chi connectivity index (χ2v) is 8.08. The number of rotatable bonds is 6. The molecule has 0 bridgehead atoms. The molecule has 0 spiro atoms. The number of halogens is 2. The lowest BCUT2D eigenvalue weighted by atomic mass is 10.1. The second-order valence-electron chi connectivity index (χ2n) is 7.30. The zero-order chi connectivity index (χ0) is 22.0. The number of aliphatic hydroxyl groups excluding tert-OH is 1. The van der Waals surface area contributed by atoms with Crippen LogP contribution in [0.15, 0.2) is 28.3 Å². The number of carbonyl (C=O) groups is 2. The van der Waals surface area contributed by atoms with Crippen LogP contribution in [0, 0.1) is 0 Å². The minimum absolute atomic E-state index is 0.0646. The smallest absolute Gasteiger partial charge is 0.269 e. The third kappa shape index (κ3) is 4.37. The Morgan fingerprint density at radius 1 is 1.30 bits per heavy atom. The maximum absolute atomic E-state index is 12.3. The molecule has 164 valence electrons. The van der Waals surface area contributed by atoms with E-state index in [4.69, 9.17) is 27.9 Å². The molecule has 2 aliphatic rings. The molecule has 8 nitrogen and oxygen atoms in total. The quantitative estimate of drug-likeness (QED) is 0.670. The fraction of sp³-hybridized carbons (Fsp3) is 0.500. The molecule has 1 saturated heterocycles. The van der Waals surface area contributed by atoms with Crippen LogP contribution in [0.2, 0.25) is 0 Å². The Bertz CT molecular complexity index is 855. The number of ether oxygens (including phenoxy) is 1. The highest BCUT2D eigenvalue weighted by atomic mass is 35.5. The van der Waals surface area contributed by atoms with Crippen molar-refractivity contribution in [1.82, 2.24) is 15.1 Å². The SMILES string of the molecule is CN[C@@H](C)C(=O)N1CCN(c2ccc(CN3C(=O)C(Cl)=C(Cl)C3O)cc2OC)CC1. The molecule has 0 saturated carbocycles. The van der Waals surface area contributed by atoms with Crippen LogP contribution in [0.4, 0.5) is 5.69 Å². The van der Waals surface area contributed by atoms with Gasteiger partial charge in [0.15, 0.2) is 6.23 Å². The molecule has 2 aliphatic heterocycles. The van der Waals surface area contributed by atoms with E-state index in [9.17, 15) is 14.7 Å². The number of hydrogen-bond donors (Lipinski definition) is 2. The van der Waals surface area contributed by atoms with Gasteiger partial charge in [-0.1, -0.05) is 29.3 Å². The van der Waals surface area contributed by atoms with Crippen molar-refractivity contribution in [3.63, 3.8) is 0 Å². The van der Waals surface area contributed by atoms with Crippen molar-refractivity contribution in [2.45, 2.75) is 25.7 Å². The van der Waals surface area contributed by atoms with Crippen LogP contribution in [-0.4, -0.2) is 79.3 Å². The first kappa shape index (κ1) is 22.7. The highest BCUT2D eigenvalue weighted by molar-refractivity contribution is 6.49. The summed E-state index contributed by atoms with van der Waals surface area (Å²) in [6.07, 6.45) is -1.25. The lowest BCUT2D eigenvalue weighted by Crippen LogP contribution is -2.53. The molecule has 2 amide bonds. The molecule has 3 rings (SSSR count). The molecule has 2 heterocycles. The maximum Gasteiger partial charge on any atom is 0.269 e. The van der Waals surface area contributed by atoms with Gasteiger partial charge in [0.05, 0.1) is 23.9 Å². The Morgan fingerprint density at radius 2 is 1.97 bits per heavy atom. The van der Waals surface area contributed by atoms with Gasteiger partial charge in [-0.05, 0) is 31.7 Å². The molecule has 0 radical (unpaired) electrons. The molecule has 2 N–H and O–H groups in total. The number of aliphatic hydroxyl groups is 1. The van der Waals surface area contributed by atoms with Crippen molar-refractivity contribution in [1.29, 1.82) is 0 Å². The summed E-state index contributed by atoms with van der Waals surface area (Å²) in [7, 11) is 3.36. The molecular formula is C20H26Cl2N4O4. The summed E-state index contributed by atoms with van der Waals surface area (Å²) in [6.45, 7) is 4.65. The third-order valence-corrected chi connectivity index (χ3v) is 6.36. The van der Waals surface area contributed by atoms with E-state index in [1.807, 2.05) is 30.0 Å². The summed E-state index contributed by atoms with van der Waals surface area (Å²) >= 11 is 11.7. The largest absolute Gasteiger partial charge is 0.495 e. The number of nitrogens with zero attached hydrogens (tertiary/aromatic N) is 3. The normalized spacial score (nSPS) is 20.8. The van der Waals surface area contributed by atoms with Gasteiger partial charge in [0, 0.05) is 32.7 Å². The predicted octanol–water partition coefficient (Wildman–Crippen LogP) is 1.30. The highest BCUT2D eigenvalue weighted by Crippen LogP contribution is 2.34. The molecule has 1 unspecified atom stereocenters. The number of hydrogen-bond acceptors (Lipinski definition) is 6. The van der Waals surface area contributed by atoms with Crippen LogP contribution in [0.5, 0.6) is 5.75 Å². The summed E-state index contributed by atoms with van der Waals surface area (Å²) in [5, 5.41) is 12.9. The van der Waals surface area contributed by atoms with E-state index in [0.29, 0.717) is 31.9 Å². The number of amides is 2. The Balaban J connectivity index is 1.69. The lowest BCUT2D eigenvalue weighted by molar-refractivity contribution is -0.133. The minimum atomic E-state index is -1.25. The van der Waals surface area contributed by atoms with Crippen LogP contribution in [0.1, 0.15) is 12.5 Å². The molecule has 2 atom stereocenters. The van der Waals surface area contributed by atoms with Crippen molar-refractivity contribution >= 4 is 40.7 Å². The van der Waals surface area contributed by atoms with Gasteiger partial charge in [0.25, 0.3) is 5.91 Å². The molecule has 1 aromatic carbocycles. The molecular weight excluding hydrogens is 431 g/mol. The van der Waals surface area contributed by atoms with Gasteiger partial charge in [-0.3, -0.25) is 9.59 Å². The molecule has 1 fully saturated rings. The monoisotopic (exact) mass is 456 g/mol. The van der Waals surface area contributed by atoms with E-state index in [-0.39, 0.29) is 28.6 Å². The van der Waals surface area contributed by atoms with Crippen molar-refractivity contribution in [3.8, 4) is 5.75 Å². The number of methoxy groups -OCH3 is 1. The van der Waals surface area contributed by atoms with Gasteiger partial charge >= 0.3 is 0 Å². The van der Waals surface area contributed by atoms with Crippen molar-refractivity contribution in [2.75, 3.05) is 45.2 Å². The Hall–Kier alpha value is -2.00. The van der Waals surface area contributed by atoms with Crippen molar-refractivity contribution in [3.05, 3.63) is 33.8 Å². The Kier molecular flexibility index (Phi) is 7.13. The Morgan fingerprint density at radius 3 is 2.50 bits per heavy atom. The summed E-state index contributed by atoms with van der Waals surface area (Å²) in [5.74, 6) is 0.246. The van der Waals surface area contributed by atoms with Crippen LogP contribution in [-0.2, 0) is 16.1 Å². The number of nitrogens with one attached hydrogen (secondary N) is 1. The average Bonchev–Trinajstić information content (AvgIpc) is 2.96. The minimum Gasteiger partial charge on any atom is -0.495 e. The number of piperazine rings is 1. The van der Waals surface area contributed by atoms with E-state index in [2.05, 4.69) is 10.2 Å². The zero-order valence-electron chi connectivity index (χ0n) is 17.2. The van der Waals surface area contributed by atoms with E-state index in [0.717, 1.165) is 11.3 Å². The first-order valence-corrected chi connectivity index (χ1v) is 10.5. The first-order chi connectivity index (χ1) is 14.3. The summed E-state index contributed by atoms with van der Waals surface area (Å²) < 4.78 is 5.57. The third-order valence-electron chi connectivity index (χ3n) is 5.51. The fourth-order valence-electron chi connectivity index (χ4n) is 3.59. The summed E-state index contributed by atoms with van der Waals surface area (Å²) in [5.41, 5.74) is 1.69. The molecule has 0 aliphatic carbocycles.